The van der Waals surface area contributed by atoms with Crippen LogP contribution in [0.5, 0.6) is 0 Å². The Morgan fingerprint density at radius 3 is 2.36 bits per heavy atom. The first-order chi connectivity index (χ1) is 10.3. The van der Waals surface area contributed by atoms with E-state index in [-0.39, 0.29) is 17.7 Å². The highest BCUT2D eigenvalue weighted by molar-refractivity contribution is 5.89. The van der Waals surface area contributed by atoms with E-state index < -0.39 is 17.4 Å². The fraction of sp³-hybridized carbons (Fsp3) is 0.333. The molecule has 0 saturated heterocycles. The van der Waals surface area contributed by atoms with Gasteiger partial charge in [0.05, 0.1) is 0 Å². The van der Waals surface area contributed by atoms with Gasteiger partial charge in [-0.2, -0.15) is 0 Å². The van der Waals surface area contributed by atoms with Crippen LogP contribution in [0.25, 0.3) is 11.5 Å². The van der Waals surface area contributed by atoms with Gasteiger partial charge < -0.3 is 15.5 Å². The molecule has 116 valence electrons. The summed E-state index contributed by atoms with van der Waals surface area (Å²) in [5.41, 5.74) is 5.37. The Bertz CT molecular complexity index is 674. The van der Waals surface area contributed by atoms with E-state index in [1.807, 2.05) is 18.2 Å². The molecule has 0 unspecified atom stereocenters. The summed E-state index contributed by atoms with van der Waals surface area (Å²) in [6.45, 7) is 5.18. The number of carbonyl (C=O) groups excluding carboxylic acids is 2. The normalized spacial score (nSPS) is 12.7. The van der Waals surface area contributed by atoms with Crippen LogP contribution in [-0.2, 0) is 9.59 Å². The predicted octanol–water partition coefficient (Wildman–Crippen LogP) is 1.43. The maximum atomic E-state index is 12.0. The third-order valence-corrected chi connectivity index (χ3v) is 2.95. The number of hydrogen-bond donors (Lipinski definition) is 2. The molecule has 1 aromatic heterocycles. The highest BCUT2D eigenvalue weighted by Crippen LogP contribution is 2.22. The molecule has 7 nitrogen and oxygen atoms in total. The van der Waals surface area contributed by atoms with Gasteiger partial charge in [-0.1, -0.05) is 39.0 Å². The maximum absolute atomic E-state index is 12.0. The quantitative estimate of drug-likeness (QED) is 0.887. The molecule has 0 aliphatic rings. The minimum atomic E-state index is -1.16. The maximum Gasteiger partial charge on any atom is 0.249 e. The van der Waals surface area contributed by atoms with Crippen LogP contribution in [0.3, 0.4) is 0 Å². The van der Waals surface area contributed by atoms with Crippen LogP contribution in [0.1, 0.15) is 32.7 Å². The summed E-state index contributed by atoms with van der Waals surface area (Å²) in [7, 11) is 0. The van der Waals surface area contributed by atoms with Gasteiger partial charge in [0.2, 0.25) is 23.6 Å². The Morgan fingerprint density at radius 2 is 1.82 bits per heavy atom. The summed E-state index contributed by atoms with van der Waals surface area (Å²) >= 11 is 0. The monoisotopic (exact) mass is 302 g/mol. The predicted molar refractivity (Wildman–Crippen MR) is 79.3 cm³/mol. The molecule has 0 fully saturated rings. The van der Waals surface area contributed by atoms with Gasteiger partial charge in [0.15, 0.2) is 6.04 Å². The van der Waals surface area contributed by atoms with Crippen molar-refractivity contribution < 1.29 is 14.0 Å². The van der Waals surface area contributed by atoms with Crippen molar-refractivity contribution in [2.75, 3.05) is 0 Å². The molecule has 3 N–H and O–H groups in total. The first-order valence-electron chi connectivity index (χ1n) is 6.78. The molecule has 22 heavy (non-hydrogen) atoms. The van der Waals surface area contributed by atoms with Gasteiger partial charge in [0.1, 0.15) is 0 Å². The Morgan fingerprint density at radius 1 is 1.18 bits per heavy atom. The molecule has 7 heteroatoms. The van der Waals surface area contributed by atoms with Crippen molar-refractivity contribution >= 4 is 11.8 Å². The molecular formula is C15H18N4O3. The van der Waals surface area contributed by atoms with Gasteiger partial charge in [-0.3, -0.25) is 9.59 Å². The number of primary amides is 1. The fourth-order valence-corrected chi connectivity index (χ4v) is 1.65. The van der Waals surface area contributed by atoms with Crippen molar-refractivity contribution in [1.29, 1.82) is 0 Å². The summed E-state index contributed by atoms with van der Waals surface area (Å²) < 4.78 is 5.47. The lowest BCUT2D eigenvalue weighted by Gasteiger charge is -2.20. The Labute approximate surface area is 127 Å². The lowest BCUT2D eigenvalue weighted by Crippen LogP contribution is -2.42. The van der Waals surface area contributed by atoms with E-state index in [4.69, 9.17) is 10.2 Å². The van der Waals surface area contributed by atoms with Gasteiger partial charge in [0.25, 0.3) is 0 Å². The SMILES string of the molecule is CC(C)(C)C(=O)N[C@@H](C(N)=O)c1nnc(-c2ccccc2)o1. The highest BCUT2D eigenvalue weighted by Gasteiger charge is 2.31. The summed E-state index contributed by atoms with van der Waals surface area (Å²) in [5.74, 6) is -0.882. The number of rotatable bonds is 4. The molecule has 1 atom stereocenters. The Balaban J connectivity index is 2.26. The van der Waals surface area contributed by atoms with Crippen LogP contribution in [-0.4, -0.2) is 22.0 Å². The lowest BCUT2D eigenvalue weighted by atomic mass is 9.95. The zero-order valence-electron chi connectivity index (χ0n) is 12.7. The molecule has 2 amide bonds. The molecule has 0 saturated carbocycles. The minimum Gasteiger partial charge on any atom is -0.418 e. The van der Waals surface area contributed by atoms with Crippen molar-refractivity contribution in [2.45, 2.75) is 26.8 Å². The Kier molecular flexibility index (Phi) is 4.25. The van der Waals surface area contributed by atoms with Crippen molar-refractivity contribution in [2.24, 2.45) is 11.1 Å². The van der Waals surface area contributed by atoms with Crippen LogP contribution in [0.15, 0.2) is 34.7 Å². The molecule has 2 aromatic rings. The smallest absolute Gasteiger partial charge is 0.249 e. The number of hydrogen-bond acceptors (Lipinski definition) is 5. The average Bonchev–Trinajstić information content (AvgIpc) is 2.93. The first-order valence-corrected chi connectivity index (χ1v) is 6.78. The van der Waals surface area contributed by atoms with E-state index in [0.29, 0.717) is 5.56 Å². The molecule has 0 spiro atoms. The zero-order chi connectivity index (χ0) is 16.3. The summed E-state index contributed by atoms with van der Waals surface area (Å²) in [4.78, 5) is 23.6. The summed E-state index contributed by atoms with van der Waals surface area (Å²) in [6.07, 6.45) is 0. The highest BCUT2D eigenvalue weighted by atomic mass is 16.4. The summed E-state index contributed by atoms with van der Waals surface area (Å²) in [5, 5.41) is 10.2. The van der Waals surface area contributed by atoms with E-state index in [0.717, 1.165) is 0 Å². The molecule has 0 radical (unpaired) electrons. The van der Waals surface area contributed by atoms with Gasteiger partial charge in [-0.25, -0.2) is 0 Å². The number of aromatic nitrogens is 2. The van der Waals surface area contributed by atoms with E-state index in [1.165, 1.54) is 0 Å². The van der Waals surface area contributed by atoms with Gasteiger partial charge in [-0.15, -0.1) is 10.2 Å². The van der Waals surface area contributed by atoms with Gasteiger partial charge >= 0.3 is 0 Å². The second kappa shape index (κ2) is 5.97. The van der Waals surface area contributed by atoms with E-state index >= 15 is 0 Å². The van der Waals surface area contributed by atoms with Crippen molar-refractivity contribution in [1.82, 2.24) is 15.5 Å². The van der Waals surface area contributed by atoms with Crippen LogP contribution in [0.4, 0.5) is 0 Å². The molecule has 0 bridgehead atoms. The van der Waals surface area contributed by atoms with Gasteiger partial charge in [-0.05, 0) is 12.1 Å². The van der Waals surface area contributed by atoms with Crippen molar-refractivity contribution in [3.8, 4) is 11.5 Å². The third-order valence-electron chi connectivity index (χ3n) is 2.95. The van der Waals surface area contributed by atoms with Crippen LogP contribution >= 0.6 is 0 Å². The minimum absolute atomic E-state index is 0.0380. The van der Waals surface area contributed by atoms with Crippen LogP contribution < -0.4 is 11.1 Å². The number of nitrogens with zero attached hydrogens (tertiary/aromatic N) is 2. The molecule has 2 rings (SSSR count). The largest absolute Gasteiger partial charge is 0.418 e. The molecular weight excluding hydrogens is 284 g/mol. The van der Waals surface area contributed by atoms with Crippen LogP contribution in [0, 0.1) is 5.41 Å². The zero-order valence-corrected chi connectivity index (χ0v) is 12.7. The lowest BCUT2D eigenvalue weighted by molar-refractivity contribution is -0.133. The van der Waals surface area contributed by atoms with Crippen molar-refractivity contribution in [3.05, 3.63) is 36.2 Å². The fourth-order valence-electron chi connectivity index (χ4n) is 1.65. The first kappa shape index (κ1) is 15.7. The standard InChI is InChI=1S/C15H18N4O3/c1-15(2,3)14(21)17-10(11(16)20)13-19-18-12(22-13)9-7-5-4-6-8-9/h4-8,10H,1-3H3,(H2,16,20)(H,17,21)/t10-/m0/s1. The number of nitrogens with two attached hydrogens (primary N) is 1. The van der Waals surface area contributed by atoms with Crippen molar-refractivity contribution in [3.63, 3.8) is 0 Å². The second-order valence-electron chi connectivity index (χ2n) is 5.87. The second-order valence-corrected chi connectivity index (χ2v) is 5.87. The van der Waals surface area contributed by atoms with E-state index in [9.17, 15) is 9.59 Å². The summed E-state index contributed by atoms with van der Waals surface area (Å²) in [6, 6.07) is 7.94. The number of nitrogens with one attached hydrogen (secondary N) is 1. The topological polar surface area (TPSA) is 111 Å². The number of carbonyl (C=O) groups is 2. The molecule has 1 aromatic carbocycles. The van der Waals surface area contributed by atoms with E-state index in [1.54, 1.807) is 32.9 Å². The number of amides is 2. The van der Waals surface area contributed by atoms with Crippen LogP contribution in [0.2, 0.25) is 0 Å². The van der Waals surface area contributed by atoms with Gasteiger partial charge in [0, 0.05) is 11.0 Å². The molecule has 1 heterocycles. The average molecular weight is 302 g/mol. The third kappa shape index (κ3) is 3.49. The Hall–Kier alpha value is -2.70. The van der Waals surface area contributed by atoms with E-state index in [2.05, 4.69) is 15.5 Å². The molecule has 0 aliphatic heterocycles. The molecule has 0 aliphatic carbocycles. The number of benzene rings is 1.